The maximum atomic E-state index is 13.0. The first kappa shape index (κ1) is 18.0. The van der Waals surface area contributed by atoms with Gasteiger partial charge >= 0.3 is 0 Å². The largest absolute Gasteiger partial charge is 0.369 e. The molecule has 2 bridgehead atoms. The summed E-state index contributed by atoms with van der Waals surface area (Å²) in [5, 5.41) is 8.91. The highest BCUT2D eigenvalue weighted by molar-refractivity contribution is 7.89. The molecular weight excluding hydrogens is 390 g/mol. The Labute approximate surface area is 167 Å². The van der Waals surface area contributed by atoms with E-state index in [4.69, 9.17) is 11.0 Å². The number of benzene rings is 1. The number of nitriles is 1. The van der Waals surface area contributed by atoms with Gasteiger partial charge in [0.1, 0.15) is 6.33 Å². The van der Waals surface area contributed by atoms with Crippen LogP contribution >= 0.6 is 0 Å². The number of nitrogens with one attached hydrogen (secondary N) is 1. The first-order chi connectivity index (χ1) is 13.7. The molecule has 148 valence electrons. The Bertz CT molecular complexity index is 1290. The first-order valence-corrected chi connectivity index (χ1v) is 10.7. The number of nitrogens with two attached hydrogens (primary N) is 1. The summed E-state index contributed by atoms with van der Waals surface area (Å²) < 4.78 is 30.4. The van der Waals surface area contributed by atoms with Crippen molar-refractivity contribution in [3.63, 3.8) is 0 Å². The fourth-order valence-corrected chi connectivity index (χ4v) is 6.24. The van der Waals surface area contributed by atoms with Gasteiger partial charge in [0.05, 0.1) is 16.7 Å². The molecule has 1 aromatic carbocycles. The molecule has 0 unspecified atom stereocenters. The van der Waals surface area contributed by atoms with Gasteiger partial charge in [0.25, 0.3) is 0 Å². The van der Waals surface area contributed by atoms with Gasteiger partial charge in [0.2, 0.25) is 21.7 Å². The lowest BCUT2D eigenvalue weighted by atomic mass is 9.39. The minimum Gasteiger partial charge on any atom is -0.369 e. The van der Waals surface area contributed by atoms with Gasteiger partial charge < -0.3 is 5.73 Å². The summed E-state index contributed by atoms with van der Waals surface area (Å²) in [5.41, 5.74) is 7.64. The van der Waals surface area contributed by atoms with Gasteiger partial charge in [0, 0.05) is 23.7 Å². The second kappa shape index (κ2) is 5.75. The molecule has 10 heteroatoms. The van der Waals surface area contributed by atoms with E-state index in [1.165, 1.54) is 6.33 Å². The molecular formula is C19H19N7O2S. The molecule has 0 saturated heterocycles. The number of aromatic nitrogens is 4. The van der Waals surface area contributed by atoms with E-state index in [0.29, 0.717) is 23.5 Å². The lowest BCUT2D eigenvalue weighted by molar-refractivity contribution is -0.137. The molecule has 2 heterocycles. The Hall–Kier alpha value is -3.03. The van der Waals surface area contributed by atoms with Crippen LogP contribution in [0.15, 0.2) is 35.6 Å². The van der Waals surface area contributed by atoms with Crippen molar-refractivity contribution < 1.29 is 8.42 Å². The van der Waals surface area contributed by atoms with E-state index in [1.54, 1.807) is 28.8 Å². The summed E-state index contributed by atoms with van der Waals surface area (Å²) in [6.07, 6.45) is 5.72. The second-order valence-corrected chi connectivity index (χ2v) is 9.94. The minimum absolute atomic E-state index is 0.0210. The number of fused-ring (bicyclic) bond motifs is 1. The SMILES string of the molecule is Cc1ccc(S(=O)(=O)NC23CC(CC#N)(C2)C3)cc1-c1cn2c(N)ncnc2n1. The average molecular weight is 409 g/mol. The van der Waals surface area contributed by atoms with Crippen molar-refractivity contribution in [3.05, 3.63) is 36.3 Å². The maximum Gasteiger partial charge on any atom is 0.241 e. The van der Waals surface area contributed by atoms with Crippen LogP contribution in [0.1, 0.15) is 31.2 Å². The fourth-order valence-electron chi connectivity index (χ4n) is 4.81. The standard InChI is InChI=1S/C19H19N7O2S/c1-12-2-3-13(29(27,28)25-19-8-18(9-19,10-19)4-5-20)6-14(12)15-7-26-16(21)22-11-23-17(26)24-15/h2-3,6-7,11,25H,4,8-10H2,1H3,(H2,21,22,23,24). The Morgan fingerprint density at radius 2 is 2.07 bits per heavy atom. The van der Waals surface area contributed by atoms with E-state index in [0.717, 1.165) is 24.8 Å². The van der Waals surface area contributed by atoms with Crippen molar-refractivity contribution in [1.82, 2.24) is 24.1 Å². The zero-order valence-corrected chi connectivity index (χ0v) is 16.6. The topological polar surface area (TPSA) is 139 Å². The highest BCUT2D eigenvalue weighted by Gasteiger charge is 2.68. The van der Waals surface area contributed by atoms with E-state index >= 15 is 0 Å². The third kappa shape index (κ3) is 2.69. The summed E-state index contributed by atoms with van der Waals surface area (Å²) in [4.78, 5) is 12.7. The molecule has 2 aromatic heterocycles. The Morgan fingerprint density at radius 1 is 1.31 bits per heavy atom. The van der Waals surface area contributed by atoms with Crippen molar-refractivity contribution in [2.24, 2.45) is 5.41 Å². The molecule has 0 atom stereocenters. The van der Waals surface area contributed by atoms with Crippen molar-refractivity contribution >= 4 is 21.7 Å². The maximum absolute atomic E-state index is 13.0. The van der Waals surface area contributed by atoms with Crippen LogP contribution in [0.5, 0.6) is 0 Å². The van der Waals surface area contributed by atoms with Gasteiger partial charge in [-0.25, -0.2) is 28.1 Å². The summed E-state index contributed by atoms with van der Waals surface area (Å²) in [6, 6.07) is 7.19. The van der Waals surface area contributed by atoms with Crippen molar-refractivity contribution in [1.29, 1.82) is 5.26 Å². The predicted molar refractivity (Wildman–Crippen MR) is 105 cm³/mol. The summed E-state index contributed by atoms with van der Waals surface area (Å²) >= 11 is 0. The number of imidazole rings is 1. The quantitative estimate of drug-likeness (QED) is 0.655. The third-order valence-corrected chi connectivity index (χ3v) is 7.61. The van der Waals surface area contributed by atoms with Crippen molar-refractivity contribution in [2.75, 3.05) is 5.73 Å². The third-order valence-electron chi connectivity index (χ3n) is 6.04. The highest BCUT2D eigenvalue weighted by atomic mass is 32.2. The van der Waals surface area contributed by atoms with Crippen LogP contribution in [0.4, 0.5) is 5.95 Å². The van der Waals surface area contributed by atoms with Crippen molar-refractivity contribution in [2.45, 2.75) is 43.0 Å². The number of hydrogen-bond acceptors (Lipinski definition) is 7. The Morgan fingerprint density at radius 3 is 2.76 bits per heavy atom. The number of hydrogen-bond donors (Lipinski definition) is 2. The number of sulfonamides is 1. The number of aryl methyl sites for hydroxylation is 1. The van der Waals surface area contributed by atoms with Gasteiger partial charge in [-0.15, -0.1) is 0 Å². The van der Waals surface area contributed by atoms with Gasteiger partial charge in [-0.05, 0) is 49.3 Å². The summed E-state index contributed by atoms with van der Waals surface area (Å²) in [5.74, 6) is 0.654. The predicted octanol–water partition coefficient (Wildman–Crippen LogP) is 1.80. The van der Waals surface area contributed by atoms with Gasteiger partial charge in [-0.3, -0.25) is 4.40 Å². The highest BCUT2D eigenvalue weighted by Crippen LogP contribution is 2.69. The van der Waals surface area contributed by atoms with Crippen molar-refractivity contribution in [3.8, 4) is 17.3 Å². The van der Waals surface area contributed by atoms with Crippen LogP contribution in [0.25, 0.3) is 17.0 Å². The average Bonchev–Trinajstić information content (AvgIpc) is 3.04. The molecule has 29 heavy (non-hydrogen) atoms. The number of nitrogens with zero attached hydrogens (tertiary/aromatic N) is 5. The van der Waals surface area contributed by atoms with Gasteiger partial charge in [-0.1, -0.05) is 6.07 Å². The van der Waals surface area contributed by atoms with Gasteiger partial charge in [0.15, 0.2) is 0 Å². The molecule has 3 aromatic rings. The zero-order chi connectivity index (χ0) is 20.4. The van der Waals surface area contributed by atoms with E-state index in [-0.39, 0.29) is 16.3 Å². The first-order valence-electron chi connectivity index (χ1n) is 9.23. The lowest BCUT2D eigenvalue weighted by Crippen LogP contribution is -2.74. The number of anilines is 1. The van der Waals surface area contributed by atoms with Crippen LogP contribution in [0.3, 0.4) is 0 Å². The van der Waals surface area contributed by atoms with E-state index in [9.17, 15) is 8.42 Å². The molecule has 0 spiro atoms. The van der Waals surface area contributed by atoms with Crippen LogP contribution in [-0.2, 0) is 10.0 Å². The lowest BCUT2D eigenvalue weighted by Gasteiger charge is -2.69. The van der Waals surface area contributed by atoms with Crippen LogP contribution in [0.2, 0.25) is 0 Å². The normalized spacial score (nSPS) is 25.2. The fraction of sp³-hybridized carbons (Fsp3) is 0.368. The number of nitrogen functional groups attached to an aromatic ring is 1. The molecule has 0 amide bonds. The smallest absolute Gasteiger partial charge is 0.241 e. The molecule has 6 rings (SSSR count). The van der Waals surface area contributed by atoms with Gasteiger partial charge in [-0.2, -0.15) is 5.26 Å². The van der Waals surface area contributed by atoms with E-state index < -0.39 is 15.6 Å². The molecule has 3 aliphatic carbocycles. The molecule has 3 fully saturated rings. The molecule has 3 aliphatic rings. The Balaban J connectivity index is 1.46. The van der Waals surface area contributed by atoms with Crippen LogP contribution in [0, 0.1) is 23.7 Å². The van der Waals surface area contributed by atoms with E-state index in [1.807, 2.05) is 6.92 Å². The van der Waals surface area contributed by atoms with E-state index in [2.05, 4.69) is 25.7 Å². The molecule has 9 nitrogen and oxygen atoms in total. The van der Waals surface area contributed by atoms with Crippen LogP contribution in [-0.4, -0.2) is 33.3 Å². The summed E-state index contributed by atoms with van der Waals surface area (Å²) in [6.45, 7) is 1.89. The molecule has 0 radical (unpaired) electrons. The molecule has 3 N–H and O–H groups in total. The zero-order valence-electron chi connectivity index (χ0n) is 15.8. The second-order valence-electron chi connectivity index (χ2n) is 8.26. The molecule has 0 aliphatic heterocycles. The monoisotopic (exact) mass is 409 g/mol. The number of rotatable bonds is 5. The summed E-state index contributed by atoms with van der Waals surface area (Å²) in [7, 11) is -3.69. The Kier molecular flexibility index (Phi) is 3.57. The minimum atomic E-state index is -3.69. The van der Waals surface area contributed by atoms with Crippen LogP contribution < -0.4 is 10.5 Å². The molecule has 3 saturated carbocycles.